The second-order valence-corrected chi connectivity index (χ2v) is 24.6. The second kappa shape index (κ2) is 25.9. The van der Waals surface area contributed by atoms with Crippen molar-refractivity contribution in [3.8, 4) is 44.8 Å². The Bertz CT molecular complexity index is 4480. The molecule has 14 rings (SSSR count). The summed E-state index contributed by atoms with van der Waals surface area (Å²) in [5, 5.41) is 4.84. The van der Waals surface area contributed by atoms with Crippen molar-refractivity contribution in [1.82, 2.24) is 9.13 Å². The molecular weight excluding hydrogens is 1090 g/mol. The lowest BCUT2D eigenvalue weighted by molar-refractivity contribution is 0.667. The lowest BCUT2D eigenvalue weighted by Crippen LogP contribution is -2.09. The zero-order chi connectivity index (χ0) is 60.9. The predicted octanol–water partition coefficient (Wildman–Crippen LogP) is 24.7. The average molecular weight is 1170 g/mol. The Morgan fingerprint density at radius 2 is 0.589 bits per heavy atom. The molecule has 0 fully saturated rings. The third-order valence-electron chi connectivity index (χ3n) is 18.4. The van der Waals surface area contributed by atoms with Gasteiger partial charge in [-0.2, -0.15) is 0 Å². The smallest absolute Gasteiger partial charge is 0.0542 e. The van der Waals surface area contributed by atoms with E-state index in [1.54, 1.807) is 0 Å². The standard InChI is InChI=1S/C86H78N4/c1-5-7-9-13-23-63-37-47-71(48-38-63)89-83-53-41-65(57-79(83)81-59-73(51-55-85(81)89)87(67-25-15-11-16-26-67)69-43-33-61(3)34-44-69)75-29-19-21-31-77(75)78-32-22-20-30-76(78)66-42-54-84-80(58-66)82-60-74(88(68-27-17-12-18-28-68)70-45-35-62(4)36-46-70)52-56-86(82)90(84)72-49-39-64(40-50-72)24-14-10-8-6-2/h11-12,15-22,25-60H,5-10,13-14,23-24H2,1-4H3. The van der Waals surface area contributed by atoms with Gasteiger partial charge in [0.2, 0.25) is 0 Å². The topological polar surface area (TPSA) is 16.3 Å². The maximum atomic E-state index is 2.47. The molecule has 0 atom stereocenters. The van der Waals surface area contributed by atoms with Crippen LogP contribution >= 0.6 is 0 Å². The van der Waals surface area contributed by atoms with E-state index in [1.807, 2.05) is 0 Å². The Labute approximate surface area is 531 Å². The third kappa shape index (κ3) is 11.5. The van der Waals surface area contributed by atoms with Crippen LogP contribution in [0.15, 0.2) is 279 Å². The molecule has 0 amide bonds. The van der Waals surface area contributed by atoms with Gasteiger partial charge < -0.3 is 18.9 Å². The maximum absolute atomic E-state index is 2.47. The van der Waals surface area contributed by atoms with Gasteiger partial charge in [-0.3, -0.25) is 0 Å². The van der Waals surface area contributed by atoms with Crippen LogP contribution in [-0.4, -0.2) is 9.13 Å². The highest BCUT2D eigenvalue weighted by Crippen LogP contribution is 2.46. The van der Waals surface area contributed by atoms with Gasteiger partial charge in [-0.15, -0.1) is 0 Å². The molecule has 0 aliphatic carbocycles. The summed E-state index contributed by atoms with van der Waals surface area (Å²) in [6.45, 7) is 8.88. The molecule has 2 heterocycles. The van der Waals surface area contributed by atoms with Crippen molar-refractivity contribution in [1.29, 1.82) is 0 Å². The Morgan fingerprint density at radius 1 is 0.267 bits per heavy atom. The van der Waals surface area contributed by atoms with Gasteiger partial charge in [-0.1, -0.05) is 209 Å². The molecule has 12 aromatic carbocycles. The van der Waals surface area contributed by atoms with E-state index in [9.17, 15) is 0 Å². The Kier molecular flexibility index (Phi) is 16.6. The number of anilines is 6. The van der Waals surface area contributed by atoms with E-state index < -0.39 is 0 Å². The fraction of sp³-hybridized carbons (Fsp3) is 0.163. The second-order valence-electron chi connectivity index (χ2n) is 24.6. The van der Waals surface area contributed by atoms with E-state index in [2.05, 4.69) is 326 Å². The molecule has 90 heavy (non-hydrogen) atoms. The minimum Gasteiger partial charge on any atom is -0.310 e. The van der Waals surface area contributed by atoms with Crippen LogP contribution in [0.25, 0.3) is 88.4 Å². The molecule has 0 spiro atoms. The van der Waals surface area contributed by atoms with Gasteiger partial charge in [-0.25, -0.2) is 0 Å². The highest BCUT2D eigenvalue weighted by atomic mass is 15.1. The molecular formula is C86H78N4. The number of nitrogens with zero attached hydrogens (tertiary/aromatic N) is 4. The summed E-state index contributed by atoms with van der Waals surface area (Å²) in [7, 11) is 0. The van der Waals surface area contributed by atoms with Gasteiger partial charge in [0.05, 0.1) is 22.1 Å². The van der Waals surface area contributed by atoms with Crippen molar-refractivity contribution in [2.45, 2.75) is 91.9 Å². The summed E-state index contributed by atoms with van der Waals surface area (Å²) < 4.78 is 4.95. The minimum absolute atomic E-state index is 1.11. The molecule has 0 saturated carbocycles. The van der Waals surface area contributed by atoms with E-state index in [1.165, 1.54) is 162 Å². The fourth-order valence-corrected chi connectivity index (χ4v) is 13.7. The zero-order valence-corrected chi connectivity index (χ0v) is 52.4. The third-order valence-corrected chi connectivity index (χ3v) is 18.4. The van der Waals surface area contributed by atoms with Crippen LogP contribution in [0.3, 0.4) is 0 Å². The van der Waals surface area contributed by atoms with Gasteiger partial charge in [0.25, 0.3) is 0 Å². The van der Waals surface area contributed by atoms with E-state index >= 15 is 0 Å². The van der Waals surface area contributed by atoms with Crippen LogP contribution in [0.2, 0.25) is 0 Å². The quantitative estimate of drug-likeness (QED) is 0.0667. The highest BCUT2D eigenvalue weighted by molar-refractivity contribution is 6.14. The van der Waals surface area contributed by atoms with Crippen molar-refractivity contribution in [2.24, 2.45) is 0 Å². The number of unbranched alkanes of at least 4 members (excludes halogenated alkanes) is 6. The largest absolute Gasteiger partial charge is 0.310 e. The number of aryl methyl sites for hydroxylation is 4. The van der Waals surface area contributed by atoms with Crippen molar-refractivity contribution in [3.05, 3.63) is 301 Å². The number of para-hydroxylation sites is 2. The van der Waals surface area contributed by atoms with Crippen LogP contribution in [0.4, 0.5) is 34.1 Å². The van der Waals surface area contributed by atoms with Crippen LogP contribution < -0.4 is 9.80 Å². The summed E-state index contributed by atoms with van der Waals surface area (Å²) in [6.07, 6.45) is 12.3. The highest BCUT2D eigenvalue weighted by Gasteiger charge is 2.22. The van der Waals surface area contributed by atoms with Crippen LogP contribution in [-0.2, 0) is 12.8 Å². The molecule has 0 N–H and O–H groups in total. The molecule has 4 nitrogen and oxygen atoms in total. The minimum atomic E-state index is 1.11. The van der Waals surface area contributed by atoms with Gasteiger partial charge in [0, 0.05) is 67.0 Å². The Hall–Kier alpha value is -10.2. The van der Waals surface area contributed by atoms with Gasteiger partial charge in [0.15, 0.2) is 0 Å². The summed E-state index contributed by atoms with van der Waals surface area (Å²) >= 11 is 0. The zero-order valence-electron chi connectivity index (χ0n) is 52.4. The number of hydrogen-bond acceptors (Lipinski definition) is 2. The van der Waals surface area contributed by atoms with E-state index in [-0.39, 0.29) is 0 Å². The number of fused-ring (bicyclic) bond motifs is 6. The summed E-state index contributed by atoms with van der Waals surface area (Å²) in [4.78, 5) is 4.77. The van der Waals surface area contributed by atoms with E-state index in [0.717, 1.165) is 47.0 Å². The van der Waals surface area contributed by atoms with Crippen LogP contribution in [0.5, 0.6) is 0 Å². The first-order valence-electron chi connectivity index (χ1n) is 32.8. The molecule has 0 radical (unpaired) electrons. The van der Waals surface area contributed by atoms with Gasteiger partial charge in [-0.05, 0) is 217 Å². The number of rotatable bonds is 21. The SMILES string of the molecule is CCCCCCc1ccc(-n2c3ccc(-c4ccccc4-c4ccccc4-c4ccc5c(c4)c4cc(N(c6ccccc6)c6ccc(C)cc6)ccc4n5-c4ccc(CCCCCC)cc4)cc3c3cc(N(c4ccccc4)c4ccc(C)cc4)ccc32)cc1. The van der Waals surface area contributed by atoms with Crippen molar-refractivity contribution in [3.63, 3.8) is 0 Å². The molecule has 442 valence electrons. The summed E-state index contributed by atoms with van der Waals surface area (Å²) in [5.74, 6) is 0. The first kappa shape index (κ1) is 57.6. The average Bonchev–Trinajstić information content (AvgIpc) is 1.63. The normalized spacial score (nSPS) is 11.6. The molecule has 4 heteroatoms. The lowest BCUT2D eigenvalue weighted by Gasteiger charge is -2.25. The first-order chi connectivity index (χ1) is 44.4. The summed E-state index contributed by atoms with van der Waals surface area (Å²) in [5.41, 5.74) is 26.1. The summed E-state index contributed by atoms with van der Waals surface area (Å²) in [6, 6.07) is 104. The maximum Gasteiger partial charge on any atom is 0.0542 e. The van der Waals surface area contributed by atoms with Crippen LogP contribution in [0.1, 0.15) is 87.5 Å². The van der Waals surface area contributed by atoms with Crippen molar-refractivity contribution in [2.75, 3.05) is 9.80 Å². The molecule has 14 aromatic rings. The predicted molar refractivity (Wildman–Crippen MR) is 386 cm³/mol. The van der Waals surface area contributed by atoms with Gasteiger partial charge in [0.1, 0.15) is 0 Å². The van der Waals surface area contributed by atoms with Crippen molar-refractivity contribution >= 4 is 77.7 Å². The number of aromatic nitrogens is 2. The molecule has 0 aliphatic rings. The Balaban J connectivity index is 0.906. The molecule has 0 bridgehead atoms. The number of benzene rings is 12. The molecule has 0 aliphatic heterocycles. The van der Waals surface area contributed by atoms with Gasteiger partial charge >= 0.3 is 0 Å². The number of hydrogen-bond donors (Lipinski definition) is 0. The van der Waals surface area contributed by atoms with E-state index in [4.69, 9.17) is 0 Å². The van der Waals surface area contributed by atoms with Crippen LogP contribution in [0, 0.1) is 13.8 Å². The molecule has 2 aromatic heterocycles. The van der Waals surface area contributed by atoms with E-state index in [0.29, 0.717) is 0 Å². The monoisotopic (exact) mass is 1170 g/mol. The molecule has 0 unspecified atom stereocenters. The lowest BCUT2D eigenvalue weighted by atomic mass is 9.88. The molecule has 0 saturated heterocycles. The fourth-order valence-electron chi connectivity index (χ4n) is 13.7. The Morgan fingerprint density at radius 3 is 0.967 bits per heavy atom. The van der Waals surface area contributed by atoms with Crippen molar-refractivity contribution < 1.29 is 0 Å². The first-order valence-corrected chi connectivity index (χ1v) is 32.8.